The molecule has 3 atom stereocenters. The number of phenolic OH excluding ortho intramolecular Hbond substituents is 1. The quantitative estimate of drug-likeness (QED) is 0.803. The van der Waals surface area contributed by atoms with E-state index in [1.165, 1.54) is 0 Å². The zero-order valence-electron chi connectivity index (χ0n) is 15.6. The number of fused-ring (bicyclic) bond motifs is 1. The number of methoxy groups -OCH3 is 1. The molecule has 1 aromatic heterocycles. The number of carbonyl (C=O) groups excluding carboxylic acids is 1. The third-order valence-electron chi connectivity index (χ3n) is 5.53. The number of hydrogen-bond donors (Lipinski definition) is 2. The molecule has 1 saturated carbocycles. The highest BCUT2D eigenvalue weighted by atomic mass is 16.5. The summed E-state index contributed by atoms with van der Waals surface area (Å²) in [7, 11) is 1.62. The number of nitrogens with one attached hydrogen (secondary N) is 1. The van der Waals surface area contributed by atoms with Crippen molar-refractivity contribution >= 4 is 5.91 Å². The van der Waals surface area contributed by atoms with Crippen molar-refractivity contribution in [1.29, 1.82) is 0 Å². The first-order chi connectivity index (χ1) is 13.0. The number of hydrogen-bond acceptors (Lipinski definition) is 6. The summed E-state index contributed by atoms with van der Waals surface area (Å²) in [6.45, 7) is 4.73. The molecule has 2 N–H and O–H groups in total. The lowest BCUT2D eigenvalue weighted by Crippen LogP contribution is -2.31. The zero-order valence-corrected chi connectivity index (χ0v) is 15.6. The van der Waals surface area contributed by atoms with Crippen LogP contribution in [0, 0.1) is 24.7 Å². The van der Waals surface area contributed by atoms with Crippen molar-refractivity contribution in [2.45, 2.75) is 20.0 Å². The van der Waals surface area contributed by atoms with Crippen LogP contribution < -0.4 is 10.1 Å². The number of aromatic hydroxyl groups is 1. The number of aromatic nitrogens is 2. The number of phenols is 1. The molecular weight excluding hydrogens is 344 g/mol. The Hall–Kier alpha value is -2.67. The molecule has 2 aromatic rings. The normalized spacial score (nSPS) is 23.7. The molecule has 7 heteroatoms. The van der Waals surface area contributed by atoms with E-state index in [0.29, 0.717) is 24.9 Å². The maximum atomic E-state index is 12.4. The molecule has 27 heavy (non-hydrogen) atoms. The second-order valence-electron chi connectivity index (χ2n) is 7.41. The van der Waals surface area contributed by atoms with Crippen LogP contribution in [0.3, 0.4) is 0 Å². The van der Waals surface area contributed by atoms with Gasteiger partial charge in [-0.25, -0.2) is 0 Å². The molecule has 1 amide bonds. The van der Waals surface area contributed by atoms with Gasteiger partial charge in [-0.2, -0.15) is 0 Å². The van der Waals surface area contributed by atoms with Crippen LogP contribution in [0.1, 0.15) is 17.0 Å². The predicted molar refractivity (Wildman–Crippen MR) is 99.0 cm³/mol. The van der Waals surface area contributed by atoms with Gasteiger partial charge >= 0.3 is 0 Å². The number of aryl methyl sites for hydroxylation is 1. The van der Waals surface area contributed by atoms with Crippen molar-refractivity contribution in [2.24, 2.45) is 17.8 Å². The van der Waals surface area contributed by atoms with E-state index in [-0.39, 0.29) is 17.6 Å². The Morgan fingerprint density at radius 3 is 2.74 bits per heavy atom. The molecule has 1 aliphatic heterocycles. The molecular formula is C20H24N4O3. The van der Waals surface area contributed by atoms with E-state index < -0.39 is 0 Å². The first-order valence-electron chi connectivity index (χ1n) is 9.18. The Labute approximate surface area is 158 Å². The maximum absolute atomic E-state index is 12.4. The molecule has 0 bridgehead atoms. The second-order valence-corrected chi connectivity index (χ2v) is 7.41. The maximum Gasteiger partial charge on any atom is 0.224 e. The van der Waals surface area contributed by atoms with Gasteiger partial charge < -0.3 is 15.2 Å². The second kappa shape index (κ2) is 7.15. The summed E-state index contributed by atoms with van der Waals surface area (Å²) in [6.07, 6.45) is 3.41. The molecule has 1 aromatic carbocycles. The fraction of sp³-hybridized carbons (Fsp3) is 0.450. The number of likely N-dealkylation sites (tertiary alicyclic amines) is 1. The zero-order chi connectivity index (χ0) is 19.0. The Kier molecular flexibility index (Phi) is 4.70. The molecule has 1 unspecified atom stereocenters. The Bertz CT molecular complexity index is 828. The first kappa shape index (κ1) is 17.7. The molecule has 7 nitrogen and oxygen atoms in total. The highest BCUT2D eigenvalue weighted by molar-refractivity contribution is 5.82. The number of nitrogens with zero attached hydrogens (tertiary/aromatic N) is 3. The number of rotatable bonds is 6. The standard InChI is InChI=1S/C20H24N4O3/c1-12-6-22-14(7-21-12)8-23-20(26)19-16-10-24(11-17(16)19)9-13-5-15(27-2)3-4-18(13)25/h3-7,16-17,19,25H,8-11H2,1-2H3,(H,23,26)/t16-,17+,19?. The monoisotopic (exact) mass is 368 g/mol. The van der Waals surface area contributed by atoms with Crippen LogP contribution in [0.4, 0.5) is 0 Å². The number of carbonyl (C=O) groups is 1. The lowest BCUT2D eigenvalue weighted by molar-refractivity contribution is -0.123. The molecule has 1 aliphatic carbocycles. The van der Waals surface area contributed by atoms with Crippen LogP contribution in [0.5, 0.6) is 11.5 Å². The van der Waals surface area contributed by atoms with E-state index >= 15 is 0 Å². The van der Waals surface area contributed by atoms with Gasteiger partial charge in [0.15, 0.2) is 0 Å². The average molecular weight is 368 g/mol. The van der Waals surface area contributed by atoms with E-state index in [1.54, 1.807) is 31.6 Å². The Balaban J connectivity index is 1.27. The first-order valence-corrected chi connectivity index (χ1v) is 9.18. The van der Waals surface area contributed by atoms with Crippen molar-refractivity contribution in [2.75, 3.05) is 20.2 Å². The van der Waals surface area contributed by atoms with Gasteiger partial charge in [-0.15, -0.1) is 0 Å². The van der Waals surface area contributed by atoms with Crippen molar-refractivity contribution < 1.29 is 14.6 Å². The van der Waals surface area contributed by atoms with Crippen LogP contribution in [0.2, 0.25) is 0 Å². The van der Waals surface area contributed by atoms with Crippen LogP contribution in [0.25, 0.3) is 0 Å². The Morgan fingerprint density at radius 2 is 2.07 bits per heavy atom. The Morgan fingerprint density at radius 1 is 1.30 bits per heavy atom. The van der Waals surface area contributed by atoms with Crippen molar-refractivity contribution in [3.05, 3.63) is 47.5 Å². The average Bonchev–Trinajstić information content (AvgIpc) is 3.18. The molecule has 0 spiro atoms. The summed E-state index contributed by atoms with van der Waals surface area (Å²) in [5.41, 5.74) is 2.49. The topological polar surface area (TPSA) is 87.6 Å². The number of piperidine rings is 1. The van der Waals surface area contributed by atoms with Gasteiger partial charge in [0.1, 0.15) is 11.5 Å². The van der Waals surface area contributed by atoms with Gasteiger partial charge in [-0.1, -0.05) is 0 Å². The van der Waals surface area contributed by atoms with E-state index in [4.69, 9.17) is 4.74 Å². The smallest absolute Gasteiger partial charge is 0.224 e. The SMILES string of the molecule is COc1ccc(O)c(CN2C[C@@H]3C(C(=O)NCc4cnc(C)cn4)[C@@H]3C2)c1. The van der Waals surface area contributed by atoms with E-state index in [1.807, 2.05) is 13.0 Å². The lowest BCUT2D eigenvalue weighted by Gasteiger charge is -2.20. The molecule has 2 fully saturated rings. The van der Waals surface area contributed by atoms with Gasteiger partial charge in [-0.3, -0.25) is 19.7 Å². The molecule has 1 saturated heterocycles. The van der Waals surface area contributed by atoms with Crippen molar-refractivity contribution in [3.63, 3.8) is 0 Å². The molecule has 0 radical (unpaired) electrons. The van der Waals surface area contributed by atoms with E-state index in [0.717, 1.165) is 35.8 Å². The highest BCUT2D eigenvalue weighted by Gasteiger charge is 2.59. The third-order valence-corrected chi connectivity index (χ3v) is 5.53. The summed E-state index contributed by atoms with van der Waals surface area (Å²) >= 11 is 0. The van der Waals surface area contributed by atoms with Gasteiger partial charge in [0.25, 0.3) is 0 Å². The molecule has 2 heterocycles. The van der Waals surface area contributed by atoms with Gasteiger partial charge in [0.05, 0.1) is 31.2 Å². The van der Waals surface area contributed by atoms with Crippen LogP contribution in [0.15, 0.2) is 30.6 Å². The van der Waals surface area contributed by atoms with Gasteiger partial charge in [0, 0.05) is 37.3 Å². The summed E-state index contributed by atoms with van der Waals surface area (Å²) in [4.78, 5) is 23.2. The van der Waals surface area contributed by atoms with E-state index in [2.05, 4.69) is 20.2 Å². The minimum atomic E-state index is 0.0959. The minimum Gasteiger partial charge on any atom is -0.508 e. The van der Waals surface area contributed by atoms with Crippen LogP contribution in [-0.2, 0) is 17.9 Å². The number of amides is 1. The summed E-state index contributed by atoms with van der Waals surface area (Å²) in [6, 6.07) is 5.28. The predicted octanol–water partition coefficient (Wildman–Crippen LogP) is 1.49. The number of benzene rings is 1. The minimum absolute atomic E-state index is 0.0959. The van der Waals surface area contributed by atoms with Crippen molar-refractivity contribution in [1.82, 2.24) is 20.2 Å². The number of ether oxygens (including phenoxy) is 1. The highest BCUT2D eigenvalue weighted by Crippen LogP contribution is 2.52. The van der Waals surface area contributed by atoms with Crippen molar-refractivity contribution in [3.8, 4) is 11.5 Å². The molecule has 142 valence electrons. The van der Waals surface area contributed by atoms with Gasteiger partial charge in [-0.05, 0) is 37.0 Å². The van der Waals surface area contributed by atoms with Gasteiger partial charge in [0.2, 0.25) is 5.91 Å². The summed E-state index contributed by atoms with van der Waals surface area (Å²) < 4.78 is 5.23. The summed E-state index contributed by atoms with van der Waals surface area (Å²) in [5.74, 6) is 2.03. The van der Waals surface area contributed by atoms with Crippen LogP contribution in [-0.4, -0.2) is 46.1 Å². The summed E-state index contributed by atoms with van der Waals surface area (Å²) in [5, 5.41) is 13.0. The third kappa shape index (κ3) is 3.73. The molecule has 2 aliphatic rings. The van der Waals surface area contributed by atoms with Crippen LogP contribution >= 0.6 is 0 Å². The molecule has 4 rings (SSSR count). The lowest BCUT2D eigenvalue weighted by atomic mass is 10.1. The van der Waals surface area contributed by atoms with E-state index in [9.17, 15) is 9.90 Å². The fourth-order valence-electron chi connectivity index (χ4n) is 3.99. The fourth-order valence-corrected chi connectivity index (χ4v) is 3.99. The largest absolute Gasteiger partial charge is 0.508 e.